The van der Waals surface area contributed by atoms with E-state index in [1.807, 2.05) is 25.1 Å². The fraction of sp³-hybridized carbons (Fsp3) is 0.333. The van der Waals surface area contributed by atoms with Crippen molar-refractivity contribution >= 4 is 32.6 Å². The maximum Gasteiger partial charge on any atom is 0.287 e. The predicted octanol–water partition coefficient (Wildman–Crippen LogP) is 2.37. The maximum absolute atomic E-state index is 12.7. The Labute approximate surface area is 192 Å². The van der Waals surface area contributed by atoms with Gasteiger partial charge < -0.3 is 14.6 Å². The van der Waals surface area contributed by atoms with Crippen LogP contribution >= 0.6 is 0 Å². The second-order valence-corrected chi connectivity index (χ2v) is 10.2. The lowest BCUT2D eigenvalue weighted by atomic mass is 10.2. The van der Waals surface area contributed by atoms with Crippen molar-refractivity contribution in [1.29, 1.82) is 0 Å². The standard InChI is InChI=1S/C24H27N3O5S/c1-18-6-4-7-19(16-18)26-11-13-27(14-12-26)33(30,31)15-5-10-25-24(29)23-17-21(28)20-8-2-3-9-22(20)32-23/h2-4,6-9,16-17H,5,10-15H2,1H3,(H,25,29). The van der Waals surface area contributed by atoms with Crippen LogP contribution in [0.15, 0.2) is 63.8 Å². The van der Waals surface area contributed by atoms with Crippen LogP contribution < -0.4 is 15.6 Å². The van der Waals surface area contributed by atoms with E-state index in [1.54, 1.807) is 24.3 Å². The molecule has 0 spiro atoms. The Bertz CT molecular complexity index is 1310. The molecule has 0 unspecified atom stereocenters. The van der Waals surface area contributed by atoms with Gasteiger partial charge in [0.1, 0.15) is 5.58 Å². The van der Waals surface area contributed by atoms with Crippen LogP contribution in [0.25, 0.3) is 11.0 Å². The topological polar surface area (TPSA) is 99.9 Å². The summed E-state index contributed by atoms with van der Waals surface area (Å²) in [6.45, 7) is 4.35. The number of carbonyl (C=O) groups is 1. The Morgan fingerprint density at radius 2 is 1.79 bits per heavy atom. The third kappa shape index (κ3) is 5.43. The van der Waals surface area contributed by atoms with Crippen molar-refractivity contribution < 1.29 is 17.6 Å². The number of nitrogens with zero attached hydrogens (tertiary/aromatic N) is 2. The molecule has 1 aliphatic rings. The molecule has 1 fully saturated rings. The Morgan fingerprint density at radius 1 is 1.03 bits per heavy atom. The van der Waals surface area contributed by atoms with E-state index in [0.29, 0.717) is 37.1 Å². The lowest BCUT2D eigenvalue weighted by molar-refractivity contribution is 0.0926. The summed E-state index contributed by atoms with van der Waals surface area (Å²) in [7, 11) is -3.41. The summed E-state index contributed by atoms with van der Waals surface area (Å²) >= 11 is 0. The van der Waals surface area contributed by atoms with Crippen LogP contribution in [0.3, 0.4) is 0 Å². The summed E-state index contributed by atoms with van der Waals surface area (Å²) in [6.07, 6.45) is 0.268. The van der Waals surface area contributed by atoms with Gasteiger partial charge in [0.25, 0.3) is 5.91 Å². The number of carbonyl (C=O) groups excluding carboxylic acids is 1. The zero-order chi connectivity index (χ0) is 23.4. The molecule has 9 heteroatoms. The lowest BCUT2D eigenvalue weighted by Gasteiger charge is -2.35. The number of hydrogen-bond donors (Lipinski definition) is 1. The van der Waals surface area contributed by atoms with Gasteiger partial charge in [-0.1, -0.05) is 24.3 Å². The number of aryl methyl sites for hydroxylation is 1. The number of para-hydroxylation sites is 1. The van der Waals surface area contributed by atoms with E-state index in [-0.39, 0.29) is 29.9 Å². The smallest absolute Gasteiger partial charge is 0.287 e. The van der Waals surface area contributed by atoms with E-state index in [0.717, 1.165) is 11.8 Å². The summed E-state index contributed by atoms with van der Waals surface area (Å²) in [5, 5.41) is 3.04. The minimum atomic E-state index is -3.41. The van der Waals surface area contributed by atoms with E-state index in [1.165, 1.54) is 9.87 Å². The number of hydrogen-bond acceptors (Lipinski definition) is 6. The Hall–Kier alpha value is -3.17. The molecule has 3 aromatic rings. The molecule has 4 rings (SSSR count). The Kier molecular flexibility index (Phi) is 6.80. The van der Waals surface area contributed by atoms with Gasteiger partial charge in [-0.2, -0.15) is 4.31 Å². The number of nitrogens with one attached hydrogen (secondary N) is 1. The fourth-order valence-electron chi connectivity index (χ4n) is 3.94. The van der Waals surface area contributed by atoms with E-state index in [9.17, 15) is 18.0 Å². The van der Waals surface area contributed by atoms with Gasteiger partial charge in [-0.15, -0.1) is 0 Å². The summed E-state index contributed by atoms with van der Waals surface area (Å²) in [6, 6.07) is 16.0. The molecule has 0 aliphatic carbocycles. The first kappa shape index (κ1) is 23.0. The molecule has 0 saturated carbocycles. The Balaban J connectivity index is 1.26. The molecule has 0 bridgehead atoms. The Morgan fingerprint density at radius 3 is 2.55 bits per heavy atom. The van der Waals surface area contributed by atoms with Gasteiger partial charge in [-0.05, 0) is 43.2 Å². The molecular formula is C24H27N3O5S. The molecule has 1 aromatic heterocycles. The highest BCUT2D eigenvalue weighted by molar-refractivity contribution is 7.89. The summed E-state index contributed by atoms with van der Waals surface area (Å²) in [4.78, 5) is 26.7. The second-order valence-electron chi connectivity index (χ2n) is 8.12. The number of sulfonamides is 1. The third-order valence-corrected chi connectivity index (χ3v) is 7.68. The van der Waals surface area contributed by atoms with E-state index in [2.05, 4.69) is 16.3 Å². The highest BCUT2D eigenvalue weighted by Crippen LogP contribution is 2.19. The molecular weight excluding hydrogens is 442 g/mol. The molecule has 1 saturated heterocycles. The normalized spacial score (nSPS) is 15.0. The number of benzene rings is 2. The van der Waals surface area contributed by atoms with Crippen LogP contribution in [0.2, 0.25) is 0 Å². The van der Waals surface area contributed by atoms with Gasteiger partial charge in [0.05, 0.1) is 11.1 Å². The van der Waals surface area contributed by atoms with Crippen molar-refractivity contribution in [1.82, 2.24) is 9.62 Å². The zero-order valence-corrected chi connectivity index (χ0v) is 19.3. The van der Waals surface area contributed by atoms with Crippen molar-refractivity contribution in [3.63, 3.8) is 0 Å². The van der Waals surface area contributed by atoms with Crippen LogP contribution in [0, 0.1) is 6.92 Å². The maximum atomic E-state index is 12.7. The quantitative estimate of drug-likeness (QED) is 0.534. The first-order chi connectivity index (χ1) is 15.8. The lowest BCUT2D eigenvalue weighted by Crippen LogP contribution is -2.49. The van der Waals surface area contributed by atoms with Crippen LogP contribution in [-0.4, -0.2) is 57.1 Å². The van der Waals surface area contributed by atoms with E-state index in [4.69, 9.17) is 4.42 Å². The number of rotatable bonds is 7. The summed E-state index contributed by atoms with van der Waals surface area (Å²) in [5.41, 5.74) is 2.32. The molecule has 0 atom stereocenters. The van der Waals surface area contributed by atoms with E-state index >= 15 is 0 Å². The van der Waals surface area contributed by atoms with Crippen LogP contribution in [0.4, 0.5) is 5.69 Å². The van der Waals surface area contributed by atoms with Gasteiger partial charge in [0, 0.05) is 44.5 Å². The number of fused-ring (bicyclic) bond motifs is 1. The van der Waals surface area contributed by atoms with Crippen molar-refractivity contribution in [2.24, 2.45) is 0 Å². The third-order valence-electron chi connectivity index (χ3n) is 5.72. The van der Waals surface area contributed by atoms with Gasteiger partial charge in [0.15, 0.2) is 11.2 Å². The van der Waals surface area contributed by atoms with Crippen LogP contribution in [-0.2, 0) is 10.0 Å². The number of amides is 1. The molecule has 2 aromatic carbocycles. The van der Waals surface area contributed by atoms with Crippen molar-refractivity contribution in [3.8, 4) is 0 Å². The number of anilines is 1. The van der Waals surface area contributed by atoms with E-state index < -0.39 is 15.9 Å². The zero-order valence-electron chi connectivity index (χ0n) is 18.5. The fourth-order valence-corrected chi connectivity index (χ4v) is 5.42. The van der Waals surface area contributed by atoms with Crippen molar-refractivity contribution in [2.45, 2.75) is 13.3 Å². The second kappa shape index (κ2) is 9.76. The van der Waals surface area contributed by atoms with Gasteiger partial charge in [-0.3, -0.25) is 9.59 Å². The van der Waals surface area contributed by atoms with Crippen LogP contribution in [0.1, 0.15) is 22.5 Å². The number of piperazine rings is 1. The molecule has 2 heterocycles. The van der Waals surface area contributed by atoms with Gasteiger partial charge in [-0.25, -0.2) is 8.42 Å². The van der Waals surface area contributed by atoms with Gasteiger partial charge >= 0.3 is 0 Å². The minimum Gasteiger partial charge on any atom is -0.451 e. The SMILES string of the molecule is Cc1cccc(N2CCN(S(=O)(=O)CCCNC(=O)c3cc(=O)c4ccccc4o3)CC2)c1. The molecule has 33 heavy (non-hydrogen) atoms. The van der Waals surface area contributed by atoms with Crippen molar-refractivity contribution in [2.75, 3.05) is 43.4 Å². The largest absolute Gasteiger partial charge is 0.451 e. The van der Waals surface area contributed by atoms with Crippen molar-refractivity contribution in [3.05, 3.63) is 76.1 Å². The predicted molar refractivity (Wildman–Crippen MR) is 128 cm³/mol. The molecule has 174 valence electrons. The monoisotopic (exact) mass is 469 g/mol. The first-order valence-electron chi connectivity index (χ1n) is 10.9. The molecule has 1 N–H and O–H groups in total. The minimum absolute atomic E-state index is 0.0562. The molecule has 8 nitrogen and oxygen atoms in total. The molecule has 0 radical (unpaired) electrons. The van der Waals surface area contributed by atoms with Gasteiger partial charge in [0.2, 0.25) is 10.0 Å². The summed E-state index contributed by atoms with van der Waals surface area (Å²) < 4.78 is 32.5. The highest BCUT2D eigenvalue weighted by atomic mass is 32.2. The molecule has 1 aliphatic heterocycles. The average molecular weight is 470 g/mol. The van der Waals surface area contributed by atoms with Crippen LogP contribution in [0.5, 0.6) is 0 Å². The average Bonchev–Trinajstić information content (AvgIpc) is 2.82. The first-order valence-corrected chi connectivity index (χ1v) is 12.5. The highest BCUT2D eigenvalue weighted by Gasteiger charge is 2.26. The summed E-state index contributed by atoms with van der Waals surface area (Å²) in [5.74, 6) is -0.685. The molecule has 1 amide bonds.